The smallest absolute Gasteiger partial charge is 0.194 e. The monoisotopic (exact) mass is 420 g/mol. The summed E-state index contributed by atoms with van der Waals surface area (Å²) in [4.78, 5) is 23.9. The fourth-order valence-electron chi connectivity index (χ4n) is 3.57. The molecule has 0 heterocycles. The van der Waals surface area contributed by atoms with Gasteiger partial charge in [-0.25, -0.2) is 0 Å². The molecule has 0 aliphatic heterocycles. The summed E-state index contributed by atoms with van der Waals surface area (Å²) in [7, 11) is 0. The number of aliphatic hydroxyl groups is 1. The van der Waals surface area contributed by atoms with E-state index in [2.05, 4.69) is 0 Å². The van der Waals surface area contributed by atoms with Crippen LogP contribution in [0.15, 0.2) is 91.0 Å². The Morgan fingerprint density at radius 1 is 0.600 bits per heavy atom. The average molecular weight is 420 g/mol. The van der Waals surface area contributed by atoms with Gasteiger partial charge in [-0.2, -0.15) is 9.90 Å². The lowest BCUT2D eigenvalue weighted by Crippen LogP contribution is -2.40. The Hall–Kier alpha value is -2.61. The number of hydrogen-bond acceptors (Lipinski definition) is 3. The van der Waals surface area contributed by atoms with Crippen LogP contribution < -0.4 is 0 Å². The van der Waals surface area contributed by atoms with Gasteiger partial charge in [-0.05, 0) is 12.8 Å². The molecule has 3 aromatic carbocycles. The second-order valence-electron chi connectivity index (χ2n) is 7.35. The maximum Gasteiger partial charge on any atom is 0.194 e. The van der Waals surface area contributed by atoms with E-state index < -0.39 is 5.60 Å². The van der Waals surface area contributed by atoms with Crippen LogP contribution in [0.25, 0.3) is 0 Å². The third-order valence-corrected chi connectivity index (χ3v) is 5.21. The molecule has 1 unspecified atom stereocenters. The molecule has 3 nitrogen and oxygen atoms in total. The lowest BCUT2D eigenvalue weighted by atomic mass is 9.79. The fourth-order valence-corrected chi connectivity index (χ4v) is 3.57. The third kappa shape index (κ3) is 6.19. The van der Waals surface area contributed by atoms with Gasteiger partial charge in [-0.1, -0.05) is 110 Å². The summed E-state index contributed by atoms with van der Waals surface area (Å²) in [6, 6.07) is 27.7. The number of rotatable bonds is 4. The van der Waals surface area contributed by atoms with E-state index in [4.69, 9.17) is 0 Å². The molecule has 1 fully saturated rings. The van der Waals surface area contributed by atoms with Gasteiger partial charge < -0.3 is 5.11 Å². The van der Waals surface area contributed by atoms with Gasteiger partial charge >= 0.3 is 0 Å². The first kappa shape index (κ1) is 23.7. The Morgan fingerprint density at radius 3 is 1.37 bits per heavy atom. The molecule has 4 rings (SSSR count). The van der Waals surface area contributed by atoms with E-state index in [9.17, 15) is 14.7 Å². The predicted molar refractivity (Wildman–Crippen MR) is 126 cm³/mol. The van der Waals surface area contributed by atoms with Crippen LogP contribution in [0.4, 0.5) is 0 Å². The Balaban J connectivity index is 0.000000207. The predicted octanol–water partition coefficient (Wildman–Crippen LogP) is 5.54. The molecule has 156 valence electrons. The highest BCUT2D eigenvalue weighted by Gasteiger charge is 2.37. The van der Waals surface area contributed by atoms with E-state index in [-0.39, 0.29) is 21.5 Å². The van der Waals surface area contributed by atoms with E-state index in [1.54, 1.807) is 12.1 Å². The summed E-state index contributed by atoms with van der Waals surface area (Å²) in [6.45, 7) is 0. The van der Waals surface area contributed by atoms with Crippen molar-refractivity contribution in [3.63, 3.8) is 0 Å². The first-order valence-corrected chi connectivity index (χ1v) is 10.1. The number of Topliss-reactive ketones (excluding diaryl/α,β-unsaturated/α-hetero) is 1. The maximum atomic E-state index is 12.1. The fraction of sp³-hybridized carbons (Fsp3) is 0.231. The number of benzene rings is 3. The SMILES string of the molecule is O=C(c1ccccc1)C1(O)CCCCC1.O=C(c1ccccc1)c1ccccc1.P. The van der Waals surface area contributed by atoms with Crippen molar-refractivity contribution in [2.45, 2.75) is 37.7 Å². The zero-order valence-electron chi connectivity index (χ0n) is 17.2. The molecular weight excluding hydrogens is 391 g/mol. The van der Waals surface area contributed by atoms with Crippen LogP contribution >= 0.6 is 9.90 Å². The molecular formula is C26H29O3P. The molecule has 3 aromatic rings. The number of ketones is 2. The Morgan fingerprint density at radius 2 is 0.967 bits per heavy atom. The van der Waals surface area contributed by atoms with Gasteiger partial charge in [-0.3, -0.25) is 9.59 Å². The standard InChI is InChI=1S/C13H16O2.C13H10O.H3P/c14-12(11-7-3-1-4-8-11)13(15)9-5-2-6-10-13;14-13(11-7-3-1-4-8-11)12-9-5-2-6-10-12;/h1,3-4,7-8,15H,2,5-6,9-10H2;1-10H;1H3. The van der Waals surface area contributed by atoms with E-state index in [0.717, 1.165) is 30.4 Å². The van der Waals surface area contributed by atoms with Crippen molar-refractivity contribution >= 4 is 21.5 Å². The van der Waals surface area contributed by atoms with Crippen LogP contribution in [0.3, 0.4) is 0 Å². The summed E-state index contributed by atoms with van der Waals surface area (Å²) in [5.41, 5.74) is 0.999. The van der Waals surface area contributed by atoms with Crippen LogP contribution in [0, 0.1) is 0 Å². The van der Waals surface area contributed by atoms with Gasteiger partial charge in [0.05, 0.1) is 0 Å². The number of hydrogen-bond donors (Lipinski definition) is 1. The quantitative estimate of drug-likeness (QED) is 0.445. The molecule has 30 heavy (non-hydrogen) atoms. The zero-order chi connectivity index (χ0) is 20.5. The van der Waals surface area contributed by atoms with Crippen LogP contribution in [-0.2, 0) is 0 Å². The van der Waals surface area contributed by atoms with Gasteiger partial charge in [0.1, 0.15) is 5.60 Å². The highest BCUT2D eigenvalue weighted by atomic mass is 31.0. The maximum absolute atomic E-state index is 12.1. The first-order valence-electron chi connectivity index (χ1n) is 10.1. The van der Waals surface area contributed by atoms with Crippen molar-refractivity contribution in [1.82, 2.24) is 0 Å². The molecule has 1 aliphatic rings. The van der Waals surface area contributed by atoms with Crippen molar-refractivity contribution in [1.29, 1.82) is 0 Å². The van der Waals surface area contributed by atoms with Crippen molar-refractivity contribution < 1.29 is 14.7 Å². The molecule has 0 aromatic heterocycles. The zero-order valence-corrected chi connectivity index (χ0v) is 18.6. The summed E-state index contributed by atoms with van der Waals surface area (Å²) < 4.78 is 0. The minimum atomic E-state index is -1.10. The summed E-state index contributed by atoms with van der Waals surface area (Å²) in [5, 5.41) is 10.2. The van der Waals surface area contributed by atoms with Gasteiger partial charge in [-0.15, -0.1) is 0 Å². The normalized spacial score (nSPS) is 14.4. The van der Waals surface area contributed by atoms with Crippen LogP contribution in [0.1, 0.15) is 58.4 Å². The Kier molecular flexibility index (Phi) is 9.11. The number of carbonyl (C=O) groups excluding carboxylic acids is 2. The summed E-state index contributed by atoms with van der Waals surface area (Å²) in [5.74, 6) is -0.0333. The van der Waals surface area contributed by atoms with Crippen LogP contribution in [-0.4, -0.2) is 22.3 Å². The summed E-state index contributed by atoms with van der Waals surface area (Å²) >= 11 is 0. The second kappa shape index (κ2) is 11.5. The first-order chi connectivity index (χ1) is 14.1. The molecule has 0 bridgehead atoms. The molecule has 0 amide bonds. The van der Waals surface area contributed by atoms with Crippen molar-refractivity contribution in [2.75, 3.05) is 0 Å². The van der Waals surface area contributed by atoms with E-state index >= 15 is 0 Å². The van der Waals surface area contributed by atoms with E-state index in [0.29, 0.717) is 18.4 Å². The van der Waals surface area contributed by atoms with Crippen LogP contribution in [0.2, 0.25) is 0 Å². The van der Waals surface area contributed by atoms with Gasteiger partial charge in [0.25, 0.3) is 0 Å². The molecule has 0 spiro atoms. The molecule has 1 N–H and O–H groups in total. The minimum absolute atomic E-state index is 0. The average Bonchev–Trinajstić information content (AvgIpc) is 2.81. The largest absolute Gasteiger partial charge is 0.382 e. The van der Waals surface area contributed by atoms with Gasteiger partial charge in [0.15, 0.2) is 11.6 Å². The van der Waals surface area contributed by atoms with Crippen LogP contribution in [0.5, 0.6) is 0 Å². The minimum Gasteiger partial charge on any atom is -0.382 e. The van der Waals surface area contributed by atoms with Gasteiger partial charge in [0.2, 0.25) is 0 Å². The Bertz CT molecular complexity index is 877. The van der Waals surface area contributed by atoms with Gasteiger partial charge in [0, 0.05) is 16.7 Å². The highest BCUT2D eigenvalue weighted by Crippen LogP contribution is 2.31. The molecule has 1 atom stereocenters. The Labute approximate surface area is 181 Å². The summed E-state index contributed by atoms with van der Waals surface area (Å²) in [6.07, 6.45) is 4.26. The topological polar surface area (TPSA) is 54.4 Å². The molecule has 0 radical (unpaired) electrons. The van der Waals surface area contributed by atoms with Crippen molar-refractivity contribution in [3.05, 3.63) is 108 Å². The highest BCUT2D eigenvalue weighted by molar-refractivity contribution is 6.92. The van der Waals surface area contributed by atoms with Crippen molar-refractivity contribution in [3.8, 4) is 0 Å². The van der Waals surface area contributed by atoms with E-state index in [1.807, 2.05) is 78.9 Å². The number of carbonyl (C=O) groups is 2. The molecule has 1 aliphatic carbocycles. The van der Waals surface area contributed by atoms with E-state index in [1.165, 1.54) is 0 Å². The van der Waals surface area contributed by atoms with Crippen molar-refractivity contribution in [2.24, 2.45) is 0 Å². The molecule has 1 saturated carbocycles. The second-order valence-corrected chi connectivity index (χ2v) is 7.35. The lowest BCUT2D eigenvalue weighted by molar-refractivity contribution is 0.0116. The lowest BCUT2D eigenvalue weighted by Gasteiger charge is -2.30. The molecule has 0 saturated heterocycles. The third-order valence-electron chi connectivity index (χ3n) is 5.21. The molecule has 4 heteroatoms.